The van der Waals surface area contributed by atoms with Crippen molar-refractivity contribution in [3.05, 3.63) is 64.7 Å². The van der Waals surface area contributed by atoms with Gasteiger partial charge in [0.1, 0.15) is 5.75 Å². The zero-order chi connectivity index (χ0) is 18.2. The van der Waals surface area contributed by atoms with Gasteiger partial charge < -0.3 is 10.0 Å². The van der Waals surface area contributed by atoms with Gasteiger partial charge in [-0.15, -0.1) is 0 Å². The van der Waals surface area contributed by atoms with Crippen LogP contribution in [0.2, 0.25) is 0 Å². The van der Waals surface area contributed by atoms with Crippen molar-refractivity contribution >= 4 is 5.91 Å². The zero-order valence-corrected chi connectivity index (χ0v) is 13.7. The number of hydrogen-bond acceptors (Lipinski definition) is 2. The summed E-state index contributed by atoms with van der Waals surface area (Å²) in [6, 6.07) is 8.99. The Morgan fingerprint density at radius 2 is 1.96 bits per heavy atom. The molecule has 132 valence electrons. The van der Waals surface area contributed by atoms with Crippen LogP contribution in [0.4, 0.5) is 13.2 Å². The van der Waals surface area contributed by atoms with Crippen molar-refractivity contribution in [2.45, 2.75) is 32.0 Å². The van der Waals surface area contributed by atoms with E-state index in [0.29, 0.717) is 23.1 Å². The number of nitrogens with zero attached hydrogens (tertiary/aromatic N) is 1. The van der Waals surface area contributed by atoms with Gasteiger partial charge in [-0.3, -0.25) is 4.79 Å². The predicted octanol–water partition coefficient (Wildman–Crippen LogP) is 3.93. The molecule has 0 fully saturated rings. The Balaban J connectivity index is 1.91. The van der Waals surface area contributed by atoms with Crippen molar-refractivity contribution in [2.75, 3.05) is 6.54 Å². The summed E-state index contributed by atoms with van der Waals surface area (Å²) >= 11 is 0. The standard InChI is InChI=1S/C19H18F3NO2/c1-12-10-15(24)7-6-14(12)11-17(25)23-9-8-13-4-2-3-5-16(13)18(23)19(20,21)22/h2-7,10,18,24H,8-9,11H2,1H3. The molecule has 0 spiro atoms. The third-order valence-electron chi connectivity index (χ3n) is 4.58. The molecule has 1 N–H and O–H groups in total. The van der Waals surface area contributed by atoms with E-state index in [2.05, 4.69) is 0 Å². The maximum atomic E-state index is 13.7. The number of halogens is 3. The van der Waals surface area contributed by atoms with Gasteiger partial charge in [-0.05, 0) is 47.7 Å². The van der Waals surface area contributed by atoms with Gasteiger partial charge in [0.15, 0.2) is 6.04 Å². The molecule has 25 heavy (non-hydrogen) atoms. The largest absolute Gasteiger partial charge is 0.508 e. The Kier molecular flexibility index (Phi) is 4.45. The van der Waals surface area contributed by atoms with Crippen LogP contribution in [0.1, 0.15) is 28.3 Å². The van der Waals surface area contributed by atoms with Crippen molar-refractivity contribution in [1.29, 1.82) is 0 Å². The maximum absolute atomic E-state index is 13.7. The van der Waals surface area contributed by atoms with E-state index in [-0.39, 0.29) is 24.3 Å². The topological polar surface area (TPSA) is 40.5 Å². The van der Waals surface area contributed by atoms with Gasteiger partial charge in [0.25, 0.3) is 0 Å². The van der Waals surface area contributed by atoms with Crippen LogP contribution in [0.3, 0.4) is 0 Å². The maximum Gasteiger partial charge on any atom is 0.413 e. The zero-order valence-electron chi connectivity index (χ0n) is 13.7. The summed E-state index contributed by atoms with van der Waals surface area (Å²) in [6.07, 6.45) is -4.25. The van der Waals surface area contributed by atoms with Crippen LogP contribution in [0.25, 0.3) is 0 Å². The molecule has 0 aliphatic carbocycles. The average molecular weight is 349 g/mol. The SMILES string of the molecule is Cc1cc(O)ccc1CC(=O)N1CCc2ccccc2C1C(F)(F)F. The molecule has 0 aromatic heterocycles. The van der Waals surface area contributed by atoms with Gasteiger partial charge in [0.05, 0.1) is 6.42 Å². The first-order chi connectivity index (χ1) is 11.8. The van der Waals surface area contributed by atoms with E-state index in [0.717, 1.165) is 4.90 Å². The average Bonchev–Trinajstić information content (AvgIpc) is 2.55. The Bertz CT molecular complexity index is 801. The molecule has 1 aliphatic heterocycles. The second kappa shape index (κ2) is 6.43. The summed E-state index contributed by atoms with van der Waals surface area (Å²) in [4.78, 5) is 13.6. The molecule has 2 aromatic rings. The van der Waals surface area contributed by atoms with E-state index < -0.39 is 18.1 Å². The van der Waals surface area contributed by atoms with Crippen LogP contribution >= 0.6 is 0 Å². The third kappa shape index (κ3) is 3.48. The van der Waals surface area contributed by atoms with Crippen LogP contribution in [-0.4, -0.2) is 28.6 Å². The highest BCUT2D eigenvalue weighted by atomic mass is 19.4. The summed E-state index contributed by atoms with van der Waals surface area (Å²) in [5.41, 5.74) is 2.07. The summed E-state index contributed by atoms with van der Waals surface area (Å²) in [6.45, 7) is 1.76. The Morgan fingerprint density at radius 1 is 1.24 bits per heavy atom. The molecule has 1 atom stereocenters. The normalized spacial score (nSPS) is 17.3. The van der Waals surface area contributed by atoms with E-state index in [9.17, 15) is 23.1 Å². The van der Waals surface area contributed by atoms with Crippen molar-refractivity contribution in [1.82, 2.24) is 4.90 Å². The lowest BCUT2D eigenvalue weighted by Gasteiger charge is -2.38. The summed E-state index contributed by atoms with van der Waals surface area (Å²) in [5.74, 6) is -0.501. The first kappa shape index (κ1) is 17.3. The number of amides is 1. The Labute approximate surface area is 143 Å². The number of rotatable bonds is 2. The van der Waals surface area contributed by atoms with Gasteiger partial charge in [-0.25, -0.2) is 0 Å². The molecule has 2 aromatic carbocycles. The summed E-state index contributed by atoms with van der Waals surface area (Å²) in [5, 5.41) is 9.43. The van der Waals surface area contributed by atoms with E-state index in [4.69, 9.17) is 0 Å². The molecule has 1 aliphatic rings. The van der Waals surface area contributed by atoms with Crippen molar-refractivity contribution in [3.8, 4) is 5.75 Å². The highest BCUT2D eigenvalue weighted by molar-refractivity contribution is 5.80. The highest BCUT2D eigenvalue weighted by Gasteiger charge is 2.48. The second-order valence-corrected chi connectivity index (χ2v) is 6.27. The number of carbonyl (C=O) groups is 1. The fourth-order valence-corrected chi connectivity index (χ4v) is 3.33. The molecular weight excluding hydrogens is 331 g/mol. The van der Waals surface area contributed by atoms with Crippen LogP contribution in [-0.2, 0) is 17.6 Å². The van der Waals surface area contributed by atoms with E-state index in [1.54, 1.807) is 31.2 Å². The van der Waals surface area contributed by atoms with Gasteiger partial charge in [-0.2, -0.15) is 13.2 Å². The third-order valence-corrected chi connectivity index (χ3v) is 4.58. The quantitative estimate of drug-likeness (QED) is 0.892. The van der Waals surface area contributed by atoms with E-state index in [1.807, 2.05) is 0 Å². The molecule has 1 heterocycles. The highest BCUT2D eigenvalue weighted by Crippen LogP contribution is 2.42. The van der Waals surface area contributed by atoms with Gasteiger partial charge in [-0.1, -0.05) is 30.3 Å². The number of hydrogen-bond donors (Lipinski definition) is 1. The number of phenols is 1. The molecule has 3 rings (SSSR count). The molecule has 0 saturated carbocycles. The number of alkyl halides is 3. The van der Waals surface area contributed by atoms with Crippen molar-refractivity contribution in [2.24, 2.45) is 0 Å². The van der Waals surface area contributed by atoms with Crippen molar-refractivity contribution < 1.29 is 23.1 Å². The van der Waals surface area contributed by atoms with Crippen LogP contribution < -0.4 is 0 Å². The van der Waals surface area contributed by atoms with Gasteiger partial charge >= 0.3 is 6.18 Å². The van der Waals surface area contributed by atoms with Gasteiger partial charge in [0.2, 0.25) is 5.91 Å². The minimum atomic E-state index is -4.53. The smallest absolute Gasteiger partial charge is 0.413 e. The number of fused-ring (bicyclic) bond motifs is 1. The minimum Gasteiger partial charge on any atom is -0.508 e. The Morgan fingerprint density at radius 3 is 2.64 bits per heavy atom. The molecule has 6 heteroatoms. The minimum absolute atomic E-state index is 0.0388. The molecule has 0 saturated heterocycles. The molecule has 1 amide bonds. The lowest BCUT2D eigenvalue weighted by atomic mass is 9.91. The van der Waals surface area contributed by atoms with Gasteiger partial charge in [0, 0.05) is 6.54 Å². The lowest BCUT2D eigenvalue weighted by molar-refractivity contribution is -0.193. The molecule has 1 unspecified atom stereocenters. The number of carbonyl (C=O) groups excluding carboxylic acids is 1. The summed E-state index contributed by atoms with van der Waals surface area (Å²) in [7, 11) is 0. The van der Waals surface area contributed by atoms with E-state index in [1.165, 1.54) is 18.2 Å². The first-order valence-corrected chi connectivity index (χ1v) is 8.00. The lowest BCUT2D eigenvalue weighted by Crippen LogP contribution is -2.47. The number of benzene rings is 2. The molecular formula is C19H18F3NO2. The monoisotopic (exact) mass is 349 g/mol. The molecule has 3 nitrogen and oxygen atoms in total. The molecule has 0 bridgehead atoms. The van der Waals surface area contributed by atoms with Crippen LogP contribution in [0.5, 0.6) is 5.75 Å². The molecule has 0 radical (unpaired) electrons. The number of phenolic OH excluding ortho intramolecular Hbond substituents is 1. The van der Waals surface area contributed by atoms with Crippen LogP contribution in [0, 0.1) is 6.92 Å². The fraction of sp³-hybridized carbons (Fsp3) is 0.316. The van der Waals surface area contributed by atoms with Crippen LogP contribution in [0.15, 0.2) is 42.5 Å². The number of aromatic hydroxyl groups is 1. The predicted molar refractivity (Wildman–Crippen MR) is 87.2 cm³/mol. The number of aryl methyl sites for hydroxylation is 1. The second-order valence-electron chi connectivity index (χ2n) is 6.27. The van der Waals surface area contributed by atoms with Crippen molar-refractivity contribution in [3.63, 3.8) is 0 Å². The van der Waals surface area contributed by atoms with E-state index >= 15 is 0 Å². The first-order valence-electron chi connectivity index (χ1n) is 8.00. The fourth-order valence-electron chi connectivity index (χ4n) is 3.33. The summed E-state index contributed by atoms with van der Waals surface area (Å²) < 4.78 is 41.0. The Hall–Kier alpha value is -2.50.